The minimum Gasteiger partial charge on any atom is -0.456 e. The smallest absolute Gasteiger partial charge is 0.135 e. The molecular weight excluding hydrogens is 510 g/mol. The van der Waals surface area contributed by atoms with Gasteiger partial charge in [0.1, 0.15) is 11.3 Å². The Morgan fingerprint density at radius 1 is 0.738 bits per heavy atom. The first-order chi connectivity index (χ1) is 19.9. The minimum absolute atomic E-state index is 0.118. The van der Waals surface area contributed by atoms with Crippen molar-refractivity contribution in [1.29, 1.82) is 0 Å². The van der Waals surface area contributed by atoms with Crippen molar-refractivity contribution in [2.75, 3.05) is 0 Å². The van der Waals surface area contributed by atoms with Crippen LogP contribution in [-0.2, 0) is 5.41 Å². The SMILES string of the molecule is C=Cc1c(/C=C(\C)C(C)(C)C)oc2cc(C(C)(C)C)ccc12.Cc1ccc(-n2c3ccccc3c3ccccc32)cc1. The van der Waals surface area contributed by atoms with Crippen LogP contribution in [0.25, 0.3) is 50.6 Å². The topological polar surface area (TPSA) is 18.1 Å². The molecule has 0 amide bonds. The molecule has 0 bridgehead atoms. The van der Waals surface area contributed by atoms with Crippen LogP contribution in [0, 0.1) is 12.3 Å². The van der Waals surface area contributed by atoms with E-state index in [0.717, 1.165) is 22.3 Å². The Bertz CT molecular complexity index is 1860. The van der Waals surface area contributed by atoms with Crippen LogP contribution in [-0.4, -0.2) is 4.57 Å². The summed E-state index contributed by atoms with van der Waals surface area (Å²) in [4.78, 5) is 0. The average molecular weight is 554 g/mol. The number of furan rings is 1. The lowest BCUT2D eigenvalue weighted by atomic mass is 9.86. The number of aromatic nitrogens is 1. The minimum atomic E-state index is 0.118. The van der Waals surface area contributed by atoms with E-state index in [0.29, 0.717) is 0 Å². The molecule has 0 unspecified atom stereocenters. The lowest BCUT2D eigenvalue weighted by molar-refractivity contribution is 0.505. The van der Waals surface area contributed by atoms with Gasteiger partial charge in [-0.25, -0.2) is 0 Å². The van der Waals surface area contributed by atoms with Crippen LogP contribution in [0.5, 0.6) is 0 Å². The fraction of sp³-hybridized carbons (Fsp3) is 0.250. The van der Waals surface area contributed by atoms with E-state index < -0.39 is 0 Å². The Balaban J connectivity index is 0.000000168. The quantitative estimate of drug-likeness (QED) is 0.213. The highest BCUT2D eigenvalue weighted by Crippen LogP contribution is 2.35. The second-order valence-corrected chi connectivity index (χ2v) is 13.3. The molecule has 42 heavy (non-hydrogen) atoms. The van der Waals surface area contributed by atoms with Crippen LogP contribution >= 0.6 is 0 Å². The molecule has 0 saturated heterocycles. The number of hydrogen-bond acceptors (Lipinski definition) is 1. The maximum atomic E-state index is 6.14. The molecule has 0 atom stereocenters. The molecule has 2 aromatic heterocycles. The lowest BCUT2D eigenvalue weighted by Gasteiger charge is -2.19. The van der Waals surface area contributed by atoms with Crippen molar-refractivity contribution < 1.29 is 4.42 Å². The zero-order valence-electron chi connectivity index (χ0n) is 26.4. The predicted octanol–water partition coefficient (Wildman–Crippen LogP) is 11.9. The Kier molecular flexibility index (Phi) is 7.77. The van der Waals surface area contributed by atoms with Gasteiger partial charge in [-0.2, -0.15) is 0 Å². The summed E-state index contributed by atoms with van der Waals surface area (Å²) in [6.45, 7) is 21.5. The molecule has 0 aliphatic rings. The first-order valence-corrected chi connectivity index (χ1v) is 14.8. The monoisotopic (exact) mass is 553 g/mol. The fourth-order valence-corrected chi connectivity index (χ4v) is 5.23. The standard InChI is InChI=1S/C21H28O.C19H15N/c1-9-16-17-11-10-15(21(6,7)8)13-19(17)22-18(16)12-14(2)20(3,4)5;1-14-10-12-15(13-11-14)20-18-8-4-2-6-16(18)17-7-3-5-9-19(17)20/h9-13H,1H2,2-8H3;2-13H,1H3/b14-12+;. The number of para-hydroxylation sites is 2. The number of nitrogens with zero attached hydrogens (tertiary/aromatic N) is 1. The molecule has 4 aromatic carbocycles. The molecule has 0 N–H and O–H groups in total. The average Bonchev–Trinajstić information content (AvgIpc) is 3.47. The molecule has 0 aliphatic carbocycles. The molecule has 2 nitrogen and oxygen atoms in total. The van der Waals surface area contributed by atoms with E-state index in [4.69, 9.17) is 4.42 Å². The van der Waals surface area contributed by atoms with Gasteiger partial charge in [0, 0.05) is 27.4 Å². The molecule has 214 valence electrons. The van der Waals surface area contributed by atoms with Gasteiger partial charge in [-0.05, 0) is 66.6 Å². The highest BCUT2D eigenvalue weighted by atomic mass is 16.3. The molecule has 0 spiro atoms. The van der Waals surface area contributed by atoms with Crippen LogP contribution in [0.2, 0.25) is 0 Å². The first kappa shape index (κ1) is 29.2. The normalized spacial score (nSPS) is 12.5. The summed E-state index contributed by atoms with van der Waals surface area (Å²) in [6.07, 6.45) is 4.04. The van der Waals surface area contributed by atoms with Gasteiger partial charge >= 0.3 is 0 Å². The van der Waals surface area contributed by atoms with Crippen molar-refractivity contribution in [3.63, 3.8) is 0 Å². The summed E-state index contributed by atoms with van der Waals surface area (Å²) in [7, 11) is 0. The van der Waals surface area contributed by atoms with Crippen LogP contribution in [0.4, 0.5) is 0 Å². The highest BCUT2D eigenvalue weighted by Gasteiger charge is 2.19. The van der Waals surface area contributed by atoms with Crippen molar-refractivity contribution in [3.8, 4) is 5.69 Å². The van der Waals surface area contributed by atoms with Crippen molar-refractivity contribution in [1.82, 2.24) is 4.57 Å². The van der Waals surface area contributed by atoms with Crippen LogP contribution in [0.1, 0.15) is 70.9 Å². The van der Waals surface area contributed by atoms with Gasteiger partial charge in [-0.3, -0.25) is 0 Å². The molecule has 2 heteroatoms. The number of aryl methyl sites for hydroxylation is 1. The van der Waals surface area contributed by atoms with Crippen molar-refractivity contribution in [2.24, 2.45) is 5.41 Å². The van der Waals surface area contributed by atoms with Crippen molar-refractivity contribution >= 4 is 44.9 Å². The zero-order chi connectivity index (χ0) is 30.2. The Labute approximate surface area is 251 Å². The van der Waals surface area contributed by atoms with Crippen molar-refractivity contribution in [2.45, 2.75) is 60.8 Å². The van der Waals surface area contributed by atoms with Gasteiger partial charge in [0.05, 0.1) is 11.0 Å². The summed E-state index contributed by atoms with van der Waals surface area (Å²) in [5.74, 6) is 0.906. The molecule has 0 radical (unpaired) electrons. The van der Waals surface area contributed by atoms with Gasteiger partial charge < -0.3 is 8.98 Å². The molecule has 6 aromatic rings. The van der Waals surface area contributed by atoms with Crippen LogP contribution in [0.15, 0.2) is 108 Å². The summed E-state index contributed by atoms with van der Waals surface area (Å²) in [6, 6.07) is 32.4. The lowest BCUT2D eigenvalue weighted by Crippen LogP contribution is -2.10. The third-order valence-electron chi connectivity index (χ3n) is 8.23. The Morgan fingerprint density at radius 2 is 1.31 bits per heavy atom. The molecule has 0 aliphatic heterocycles. The third kappa shape index (κ3) is 5.72. The van der Waals surface area contributed by atoms with E-state index in [9.17, 15) is 0 Å². The number of rotatable bonds is 3. The Morgan fingerprint density at radius 3 is 1.83 bits per heavy atom. The van der Waals surface area contributed by atoms with Crippen molar-refractivity contribution in [3.05, 3.63) is 126 Å². The predicted molar refractivity (Wildman–Crippen MR) is 184 cm³/mol. The maximum absolute atomic E-state index is 6.14. The zero-order valence-corrected chi connectivity index (χ0v) is 26.4. The Hall–Kier alpha value is -4.30. The van der Waals surface area contributed by atoms with E-state index in [2.05, 4.69) is 164 Å². The number of benzene rings is 4. The van der Waals surface area contributed by atoms with Crippen LogP contribution < -0.4 is 0 Å². The van der Waals surface area contributed by atoms with Gasteiger partial charge in [-0.1, -0.05) is 126 Å². The largest absolute Gasteiger partial charge is 0.456 e. The van der Waals surface area contributed by atoms with E-state index in [1.54, 1.807) is 0 Å². The van der Waals surface area contributed by atoms with Gasteiger partial charge in [0.15, 0.2) is 0 Å². The molecule has 6 rings (SSSR count). The summed E-state index contributed by atoms with van der Waals surface area (Å²) in [5.41, 5.74) is 9.88. The third-order valence-corrected chi connectivity index (χ3v) is 8.23. The molecule has 0 fully saturated rings. The first-order valence-electron chi connectivity index (χ1n) is 14.8. The summed E-state index contributed by atoms with van der Waals surface area (Å²) < 4.78 is 8.48. The van der Waals surface area contributed by atoms with E-state index in [1.165, 1.54) is 44.2 Å². The van der Waals surface area contributed by atoms with E-state index >= 15 is 0 Å². The number of fused-ring (bicyclic) bond motifs is 4. The molecule has 0 saturated carbocycles. The van der Waals surface area contributed by atoms with Gasteiger partial charge in [0.25, 0.3) is 0 Å². The number of hydrogen-bond donors (Lipinski definition) is 0. The highest BCUT2D eigenvalue weighted by molar-refractivity contribution is 6.09. The fourth-order valence-electron chi connectivity index (χ4n) is 5.23. The van der Waals surface area contributed by atoms with E-state index in [-0.39, 0.29) is 10.8 Å². The second-order valence-electron chi connectivity index (χ2n) is 13.3. The van der Waals surface area contributed by atoms with E-state index in [1.807, 2.05) is 6.08 Å². The second kappa shape index (κ2) is 11.2. The molecule has 2 heterocycles. The summed E-state index contributed by atoms with van der Waals surface area (Å²) in [5, 5.41) is 3.75. The number of allylic oxidation sites excluding steroid dienone is 1. The van der Waals surface area contributed by atoms with Gasteiger partial charge in [0.2, 0.25) is 0 Å². The summed E-state index contributed by atoms with van der Waals surface area (Å²) >= 11 is 0. The van der Waals surface area contributed by atoms with Crippen LogP contribution in [0.3, 0.4) is 0 Å². The van der Waals surface area contributed by atoms with Gasteiger partial charge in [-0.15, -0.1) is 0 Å². The molecular formula is C40H43NO. The maximum Gasteiger partial charge on any atom is 0.135 e.